The molecule has 0 aromatic heterocycles. The van der Waals surface area contributed by atoms with Crippen molar-refractivity contribution in [1.82, 2.24) is 0 Å². The number of halogens is 1. The minimum atomic E-state index is -0.633. The molecule has 0 bridgehead atoms. The van der Waals surface area contributed by atoms with E-state index in [4.69, 9.17) is 25.8 Å². The molecule has 9 heteroatoms. The summed E-state index contributed by atoms with van der Waals surface area (Å²) in [4.78, 5) is 27.1. The average Bonchev–Trinajstić information content (AvgIpc) is 3.07. The Morgan fingerprint density at radius 3 is 2.65 bits per heavy atom. The first-order chi connectivity index (χ1) is 14.8. The number of benzene rings is 2. The van der Waals surface area contributed by atoms with Crippen LogP contribution in [-0.4, -0.2) is 30.0 Å². The highest BCUT2D eigenvalue weighted by atomic mass is 35.5. The van der Waals surface area contributed by atoms with Crippen LogP contribution in [0.15, 0.2) is 41.0 Å². The van der Waals surface area contributed by atoms with Crippen molar-refractivity contribution in [2.45, 2.75) is 27.2 Å². The molecule has 1 heterocycles. The molecule has 1 aliphatic heterocycles. The van der Waals surface area contributed by atoms with Gasteiger partial charge in [0.1, 0.15) is 0 Å². The molecule has 0 spiro atoms. The summed E-state index contributed by atoms with van der Waals surface area (Å²) >= 11 is 6.37. The third-order valence-corrected chi connectivity index (χ3v) is 4.63. The third-order valence-electron chi connectivity index (χ3n) is 4.35. The molecule has 0 atom stereocenters. The zero-order valence-corrected chi connectivity index (χ0v) is 18.1. The van der Waals surface area contributed by atoms with Gasteiger partial charge in [-0.25, -0.2) is 9.79 Å². The number of aryl methyl sites for hydroxylation is 1. The van der Waals surface area contributed by atoms with Crippen LogP contribution in [0.2, 0.25) is 5.02 Å². The fourth-order valence-corrected chi connectivity index (χ4v) is 3.24. The number of rotatable bonds is 8. The molecule has 0 aliphatic carbocycles. The lowest BCUT2D eigenvalue weighted by Gasteiger charge is -2.14. The van der Waals surface area contributed by atoms with E-state index in [-0.39, 0.29) is 17.3 Å². The summed E-state index contributed by atoms with van der Waals surface area (Å²) < 4.78 is 16.6. The Morgan fingerprint density at radius 1 is 1.23 bits per heavy atom. The molecule has 2 aromatic carbocycles. The van der Waals surface area contributed by atoms with Crippen LogP contribution in [0.4, 0.5) is 5.69 Å². The first-order valence-corrected chi connectivity index (χ1v) is 10.1. The summed E-state index contributed by atoms with van der Waals surface area (Å²) in [5.41, 5.74) is 1.56. The number of ether oxygens (including phenoxy) is 3. The van der Waals surface area contributed by atoms with Crippen molar-refractivity contribution in [1.29, 1.82) is 0 Å². The second-order valence-corrected chi connectivity index (χ2v) is 7.11. The van der Waals surface area contributed by atoms with Gasteiger partial charge in [-0.3, -0.25) is 10.1 Å². The van der Waals surface area contributed by atoms with E-state index in [1.807, 2.05) is 13.8 Å². The van der Waals surface area contributed by atoms with Gasteiger partial charge in [0.2, 0.25) is 5.90 Å². The highest BCUT2D eigenvalue weighted by molar-refractivity contribution is 6.32. The van der Waals surface area contributed by atoms with Crippen LogP contribution in [0.1, 0.15) is 37.0 Å². The van der Waals surface area contributed by atoms with Crippen LogP contribution >= 0.6 is 11.6 Å². The van der Waals surface area contributed by atoms with Gasteiger partial charge in [0.05, 0.1) is 23.2 Å². The predicted molar refractivity (Wildman–Crippen MR) is 117 cm³/mol. The molecule has 1 aliphatic rings. The van der Waals surface area contributed by atoms with Crippen molar-refractivity contribution in [3.8, 4) is 11.5 Å². The Hall–Kier alpha value is -3.39. The average molecular weight is 445 g/mol. The molecule has 0 amide bonds. The van der Waals surface area contributed by atoms with Crippen LogP contribution in [0.3, 0.4) is 0 Å². The predicted octanol–water partition coefficient (Wildman–Crippen LogP) is 5.09. The standard InChI is InChI=1S/C22H21ClN2O6/c1-4-8-30-20-16(23)10-14(12-19(20)29-5-2)11-17-22(26)31-21(24-17)15-6-7-18(25(27)28)13(3)9-15/h6-7,9-12H,4-5,8H2,1-3H3/b17-11-. The van der Waals surface area contributed by atoms with Gasteiger partial charge in [0.25, 0.3) is 5.69 Å². The second-order valence-electron chi connectivity index (χ2n) is 6.71. The van der Waals surface area contributed by atoms with Crippen molar-refractivity contribution >= 4 is 35.2 Å². The lowest BCUT2D eigenvalue weighted by molar-refractivity contribution is -0.385. The van der Waals surface area contributed by atoms with Crippen molar-refractivity contribution in [2.24, 2.45) is 4.99 Å². The zero-order chi connectivity index (χ0) is 22.5. The first kappa shape index (κ1) is 22.3. The van der Waals surface area contributed by atoms with E-state index in [0.717, 1.165) is 6.42 Å². The van der Waals surface area contributed by atoms with E-state index in [9.17, 15) is 14.9 Å². The molecule has 162 valence electrons. The Bertz CT molecular complexity index is 1090. The van der Waals surface area contributed by atoms with Crippen molar-refractivity contribution in [3.63, 3.8) is 0 Å². The Labute approximate surface area is 184 Å². The summed E-state index contributed by atoms with van der Waals surface area (Å²) in [7, 11) is 0. The summed E-state index contributed by atoms with van der Waals surface area (Å²) in [6.45, 7) is 6.35. The first-order valence-electron chi connectivity index (χ1n) is 9.71. The topological polar surface area (TPSA) is 100 Å². The van der Waals surface area contributed by atoms with E-state index >= 15 is 0 Å². The molecule has 3 rings (SSSR count). The number of nitro groups is 1. The number of carbonyl (C=O) groups excluding carboxylic acids is 1. The number of esters is 1. The van der Waals surface area contributed by atoms with Gasteiger partial charge < -0.3 is 14.2 Å². The normalized spacial score (nSPS) is 14.4. The summed E-state index contributed by atoms with van der Waals surface area (Å²) in [6, 6.07) is 7.76. The number of nitro benzene ring substituents is 1. The maximum absolute atomic E-state index is 12.3. The smallest absolute Gasteiger partial charge is 0.363 e. The van der Waals surface area contributed by atoms with Crippen molar-refractivity contribution in [3.05, 3.63) is 67.9 Å². The zero-order valence-electron chi connectivity index (χ0n) is 17.3. The van der Waals surface area contributed by atoms with Crippen LogP contribution in [0, 0.1) is 17.0 Å². The van der Waals surface area contributed by atoms with E-state index in [0.29, 0.717) is 46.4 Å². The molecule has 8 nitrogen and oxygen atoms in total. The van der Waals surface area contributed by atoms with E-state index in [1.54, 1.807) is 25.1 Å². The second kappa shape index (κ2) is 9.61. The number of cyclic esters (lactones) is 1. The highest BCUT2D eigenvalue weighted by Gasteiger charge is 2.25. The number of hydrogen-bond donors (Lipinski definition) is 0. The van der Waals surface area contributed by atoms with E-state index < -0.39 is 10.9 Å². The van der Waals surface area contributed by atoms with Crippen molar-refractivity contribution < 1.29 is 23.9 Å². The molecule has 0 saturated carbocycles. The molecule has 2 aromatic rings. The van der Waals surface area contributed by atoms with Gasteiger partial charge in [0, 0.05) is 17.2 Å². The summed E-state index contributed by atoms with van der Waals surface area (Å²) in [5, 5.41) is 11.4. The minimum absolute atomic E-state index is 0.0204. The number of aliphatic imine (C=N–C) groups is 1. The van der Waals surface area contributed by atoms with Crippen molar-refractivity contribution in [2.75, 3.05) is 13.2 Å². The lowest BCUT2D eigenvalue weighted by Crippen LogP contribution is -2.06. The minimum Gasteiger partial charge on any atom is -0.490 e. The van der Waals surface area contributed by atoms with E-state index in [1.165, 1.54) is 18.2 Å². The van der Waals surface area contributed by atoms with Crippen LogP contribution in [0.5, 0.6) is 11.5 Å². The Kier molecular flexibility index (Phi) is 6.91. The van der Waals surface area contributed by atoms with Gasteiger partial charge in [-0.05, 0) is 56.2 Å². The Morgan fingerprint density at radius 2 is 2.00 bits per heavy atom. The summed E-state index contributed by atoms with van der Waals surface area (Å²) in [5.74, 6) is 0.364. The van der Waals surface area contributed by atoms with Gasteiger partial charge in [0.15, 0.2) is 17.2 Å². The largest absolute Gasteiger partial charge is 0.490 e. The van der Waals surface area contributed by atoms with Crippen LogP contribution in [-0.2, 0) is 9.53 Å². The summed E-state index contributed by atoms with van der Waals surface area (Å²) in [6.07, 6.45) is 2.35. The molecule has 0 N–H and O–H groups in total. The van der Waals surface area contributed by atoms with E-state index in [2.05, 4.69) is 4.99 Å². The Balaban J connectivity index is 1.94. The molecular formula is C22H21ClN2O6. The van der Waals surface area contributed by atoms with Crippen LogP contribution < -0.4 is 9.47 Å². The molecule has 31 heavy (non-hydrogen) atoms. The van der Waals surface area contributed by atoms with Gasteiger partial charge in [-0.1, -0.05) is 18.5 Å². The highest BCUT2D eigenvalue weighted by Crippen LogP contribution is 2.37. The van der Waals surface area contributed by atoms with Gasteiger partial charge in [-0.2, -0.15) is 0 Å². The number of nitrogens with zero attached hydrogens (tertiary/aromatic N) is 2. The molecule has 0 unspecified atom stereocenters. The lowest BCUT2D eigenvalue weighted by atomic mass is 10.1. The quantitative estimate of drug-likeness (QED) is 0.243. The van der Waals surface area contributed by atoms with Gasteiger partial charge in [-0.15, -0.1) is 0 Å². The fraction of sp³-hybridized carbons (Fsp3) is 0.273. The number of hydrogen-bond acceptors (Lipinski definition) is 7. The SMILES string of the molecule is CCCOc1c(Cl)cc(/C=C2\N=C(c3ccc([N+](=O)[O-])c(C)c3)OC2=O)cc1OCC. The molecule has 0 saturated heterocycles. The third kappa shape index (κ3) is 5.03. The maximum Gasteiger partial charge on any atom is 0.363 e. The van der Waals surface area contributed by atoms with Gasteiger partial charge >= 0.3 is 5.97 Å². The monoisotopic (exact) mass is 444 g/mol. The number of carbonyl (C=O) groups is 1. The van der Waals surface area contributed by atoms with Crippen LogP contribution in [0.25, 0.3) is 6.08 Å². The molecule has 0 radical (unpaired) electrons. The fourth-order valence-electron chi connectivity index (χ4n) is 2.96. The maximum atomic E-state index is 12.3. The molecule has 0 fully saturated rings. The molecular weight excluding hydrogens is 424 g/mol.